The minimum Gasteiger partial charge on any atom is -0.497 e. The molecule has 0 bridgehead atoms. The molecule has 0 radical (unpaired) electrons. The molecule has 0 fully saturated rings. The number of hydrogen-bond acceptors (Lipinski definition) is 3. The molecule has 0 aromatic heterocycles. The summed E-state index contributed by atoms with van der Waals surface area (Å²) in [6.07, 6.45) is -0.190. The summed E-state index contributed by atoms with van der Waals surface area (Å²) in [6.45, 7) is 0.402. The van der Waals surface area contributed by atoms with Gasteiger partial charge in [0.25, 0.3) is 0 Å². The van der Waals surface area contributed by atoms with Gasteiger partial charge in [-0.2, -0.15) is 0 Å². The van der Waals surface area contributed by atoms with Crippen molar-refractivity contribution in [2.75, 3.05) is 13.7 Å². The molecule has 100 valence electrons. The van der Waals surface area contributed by atoms with Crippen LogP contribution in [-0.2, 0) is 0 Å². The summed E-state index contributed by atoms with van der Waals surface area (Å²) in [7, 11) is 1.64. The molecule has 0 heterocycles. The van der Waals surface area contributed by atoms with Gasteiger partial charge in [0.1, 0.15) is 17.6 Å². The van der Waals surface area contributed by atoms with Crippen LogP contribution in [0.2, 0.25) is 0 Å². The Labute approximate surface area is 121 Å². The van der Waals surface area contributed by atoms with E-state index in [2.05, 4.69) is 15.9 Å². The van der Waals surface area contributed by atoms with Crippen molar-refractivity contribution in [2.45, 2.75) is 6.10 Å². The molecule has 0 aliphatic carbocycles. The van der Waals surface area contributed by atoms with Crippen LogP contribution < -0.4 is 15.2 Å². The molecular formula is C15H16BrNO2. The van der Waals surface area contributed by atoms with Gasteiger partial charge in [0.2, 0.25) is 0 Å². The summed E-state index contributed by atoms with van der Waals surface area (Å²) in [6, 6.07) is 15.5. The summed E-state index contributed by atoms with van der Waals surface area (Å²) in [5, 5.41) is 0. The smallest absolute Gasteiger partial charge is 0.136 e. The van der Waals surface area contributed by atoms with Crippen LogP contribution in [0.3, 0.4) is 0 Å². The second-order valence-corrected chi connectivity index (χ2v) is 4.99. The number of ether oxygens (including phenoxy) is 2. The Morgan fingerprint density at radius 2 is 1.84 bits per heavy atom. The maximum atomic E-state index is 5.92. The number of nitrogens with two attached hydrogens (primary N) is 1. The molecule has 1 atom stereocenters. The summed E-state index contributed by atoms with van der Waals surface area (Å²) < 4.78 is 12.1. The Bertz CT molecular complexity index is 545. The molecular weight excluding hydrogens is 306 g/mol. The third-order valence-corrected chi connectivity index (χ3v) is 3.25. The second kappa shape index (κ2) is 6.59. The molecule has 0 saturated carbocycles. The molecule has 0 saturated heterocycles. The molecule has 3 nitrogen and oxygen atoms in total. The first kappa shape index (κ1) is 13.9. The highest BCUT2D eigenvalue weighted by Gasteiger charge is 2.12. The van der Waals surface area contributed by atoms with Crippen molar-refractivity contribution in [3.05, 3.63) is 58.6 Å². The molecule has 0 aliphatic rings. The molecule has 2 N–H and O–H groups in total. The zero-order valence-corrected chi connectivity index (χ0v) is 12.3. The van der Waals surface area contributed by atoms with Crippen LogP contribution in [0.4, 0.5) is 0 Å². The van der Waals surface area contributed by atoms with E-state index in [1.165, 1.54) is 0 Å². The van der Waals surface area contributed by atoms with E-state index in [1.807, 2.05) is 48.5 Å². The zero-order valence-electron chi connectivity index (χ0n) is 10.7. The fraction of sp³-hybridized carbons (Fsp3) is 0.200. The maximum absolute atomic E-state index is 5.92. The SMILES string of the molecule is COc1cccc(C(CN)Oc2cccc(Br)c2)c1. The molecule has 2 aromatic rings. The maximum Gasteiger partial charge on any atom is 0.136 e. The fourth-order valence-corrected chi connectivity index (χ4v) is 2.18. The van der Waals surface area contributed by atoms with Gasteiger partial charge in [-0.25, -0.2) is 0 Å². The van der Waals surface area contributed by atoms with E-state index in [1.54, 1.807) is 7.11 Å². The Hall–Kier alpha value is -1.52. The Balaban J connectivity index is 2.19. The number of methoxy groups -OCH3 is 1. The number of rotatable bonds is 5. The van der Waals surface area contributed by atoms with Gasteiger partial charge in [0, 0.05) is 11.0 Å². The third-order valence-electron chi connectivity index (χ3n) is 2.75. The van der Waals surface area contributed by atoms with Crippen molar-refractivity contribution in [1.82, 2.24) is 0 Å². The van der Waals surface area contributed by atoms with Crippen molar-refractivity contribution in [1.29, 1.82) is 0 Å². The normalized spacial score (nSPS) is 11.9. The quantitative estimate of drug-likeness (QED) is 0.916. The third kappa shape index (κ3) is 3.72. The molecule has 0 spiro atoms. The van der Waals surface area contributed by atoms with Gasteiger partial charge in [0.15, 0.2) is 0 Å². The Morgan fingerprint density at radius 3 is 2.53 bits per heavy atom. The highest BCUT2D eigenvalue weighted by Crippen LogP contribution is 2.26. The first-order chi connectivity index (χ1) is 9.22. The molecule has 2 rings (SSSR count). The van der Waals surface area contributed by atoms with Crippen LogP contribution in [0, 0.1) is 0 Å². The fourth-order valence-electron chi connectivity index (χ4n) is 1.80. The van der Waals surface area contributed by atoms with Crippen molar-refractivity contribution >= 4 is 15.9 Å². The Kier molecular flexibility index (Phi) is 4.82. The standard InChI is InChI=1S/C15H16BrNO2/c1-18-13-6-2-4-11(8-13)15(10-17)19-14-7-3-5-12(16)9-14/h2-9,15H,10,17H2,1H3. The molecule has 4 heteroatoms. The van der Waals surface area contributed by atoms with Gasteiger partial charge in [-0.05, 0) is 35.9 Å². The highest BCUT2D eigenvalue weighted by molar-refractivity contribution is 9.10. The van der Waals surface area contributed by atoms with Gasteiger partial charge in [-0.3, -0.25) is 0 Å². The van der Waals surface area contributed by atoms with E-state index >= 15 is 0 Å². The molecule has 2 aromatic carbocycles. The topological polar surface area (TPSA) is 44.5 Å². The monoisotopic (exact) mass is 321 g/mol. The number of benzene rings is 2. The van der Waals surface area contributed by atoms with Crippen LogP contribution in [0.15, 0.2) is 53.0 Å². The van der Waals surface area contributed by atoms with Crippen molar-refractivity contribution < 1.29 is 9.47 Å². The molecule has 0 amide bonds. The summed E-state index contributed by atoms with van der Waals surface area (Å²) in [4.78, 5) is 0. The number of hydrogen-bond donors (Lipinski definition) is 1. The van der Waals surface area contributed by atoms with Gasteiger partial charge in [0.05, 0.1) is 7.11 Å². The lowest BCUT2D eigenvalue weighted by atomic mass is 10.1. The van der Waals surface area contributed by atoms with E-state index in [0.29, 0.717) is 6.54 Å². The van der Waals surface area contributed by atoms with Gasteiger partial charge in [-0.15, -0.1) is 0 Å². The van der Waals surface area contributed by atoms with Gasteiger partial charge in [-0.1, -0.05) is 34.1 Å². The minimum atomic E-state index is -0.190. The van der Waals surface area contributed by atoms with Gasteiger partial charge < -0.3 is 15.2 Å². The molecule has 0 aliphatic heterocycles. The molecule has 19 heavy (non-hydrogen) atoms. The van der Waals surface area contributed by atoms with E-state index in [-0.39, 0.29) is 6.10 Å². The zero-order chi connectivity index (χ0) is 13.7. The van der Waals surface area contributed by atoms with Crippen LogP contribution in [0.1, 0.15) is 11.7 Å². The van der Waals surface area contributed by atoms with E-state index < -0.39 is 0 Å². The number of halogens is 1. The van der Waals surface area contributed by atoms with Crippen molar-refractivity contribution in [2.24, 2.45) is 5.73 Å². The van der Waals surface area contributed by atoms with Crippen LogP contribution >= 0.6 is 15.9 Å². The molecule has 1 unspecified atom stereocenters. The lowest BCUT2D eigenvalue weighted by Gasteiger charge is -2.18. The summed E-state index contributed by atoms with van der Waals surface area (Å²) in [5.74, 6) is 1.58. The largest absolute Gasteiger partial charge is 0.497 e. The van der Waals surface area contributed by atoms with E-state index in [0.717, 1.165) is 21.5 Å². The average molecular weight is 322 g/mol. The lowest BCUT2D eigenvalue weighted by molar-refractivity contribution is 0.213. The van der Waals surface area contributed by atoms with Crippen molar-refractivity contribution in [3.8, 4) is 11.5 Å². The minimum absolute atomic E-state index is 0.190. The average Bonchev–Trinajstić information content (AvgIpc) is 2.45. The first-order valence-electron chi connectivity index (χ1n) is 5.99. The van der Waals surface area contributed by atoms with E-state index in [9.17, 15) is 0 Å². The first-order valence-corrected chi connectivity index (χ1v) is 6.78. The highest BCUT2D eigenvalue weighted by atomic mass is 79.9. The second-order valence-electron chi connectivity index (χ2n) is 4.08. The van der Waals surface area contributed by atoms with Crippen LogP contribution in [-0.4, -0.2) is 13.7 Å². The van der Waals surface area contributed by atoms with Gasteiger partial charge >= 0.3 is 0 Å². The van der Waals surface area contributed by atoms with Crippen molar-refractivity contribution in [3.63, 3.8) is 0 Å². The lowest BCUT2D eigenvalue weighted by Crippen LogP contribution is -2.18. The summed E-state index contributed by atoms with van der Waals surface area (Å²) >= 11 is 3.42. The van der Waals surface area contributed by atoms with Crippen LogP contribution in [0.5, 0.6) is 11.5 Å². The predicted octanol–water partition coefficient (Wildman–Crippen LogP) is 3.54. The van der Waals surface area contributed by atoms with Crippen LogP contribution in [0.25, 0.3) is 0 Å². The Morgan fingerprint density at radius 1 is 1.11 bits per heavy atom. The summed E-state index contributed by atoms with van der Waals surface area (Å²) in [5.41, 5.74) is 6.81. The van der Waals surface area contributed by atoms with E-state index in [4.69, 9.17) is 15.2 Å². The predicted molar refractivity (Wildman–Crippen MR) is 79.6 cm³/mol.